The Morgan fingerprint density at radius 1 is 1.41 bits per heavy atom. The van der Waals surface area contributed by atoms with Gasteiger partial charge in [-0.1, -0.05) is 35.5 Å². The Labute approximate surface area is 138 Å². The summed E-state index contributed by atoms with van der Waals surface area (Å²) in [5.74, 6) is 0.748. The van der Waals surface area contributed by atoms with Gasteiger partial charge in [0.1, 0.15) is 0 Å². The van der Waals surface area contributed by atoms with Crippen LogP contribution in [0.3, 0.4) is 0 Å². The van der Waals surface area contributed by atoms with E-state index in [2.05, 4.69) is 15.5 Å². The van der Waals surface area contributed by atoms with E-state index in [1.54, 1.807) is 0 Å². The largest absolute Gasteiger partial charge is 0.352 e. The smallest absolute Gasteiger partial charge is 0.233 e. The van der Waals surface area contributed by atoms with E-state index >= 15 is 0 Å². The van der Waals surface area contributed by atoms with Crippen LogP contribution in [0, 0.1) is 0 Å². The number of nitrogens with zero attached hydrogens (tertiary/aromatic N) is 3. The summed E-state index contributed by atoms with van der Waals surface area (Å²) in [6, 6.07) is 7.89. The molecule has 1 heterocycles. The van der Waals surface area contributed by atoms with Crippen LogP contribution < -0.4 is 5.32 Å². The van der Waals surface area contributed by atoms with Gasteiger partial charge in [0, 0.05) is 18.7 Å². The van der Waals surface area contributed by atoms with Crippen LogP contribution >= 0.6 is 23.4 Å². The number of nitrogens with one attached hydrogen (secondary N) is 1. The molecule has 1 aliphatic carbocycles. The van der Waals surface area contributed by atoms with Crippen LogP contribution in [0.2, 0.25) is 5.02 Å². The third kappa shape index (κ3) is 3.28. The number of halogens is 1. The average molecular weight is 337 g/mol. The van der Waals surface area contributed by atoms with Crippen molar-refractivity contribution in [2.45, 2.75) is 36.2 Å². The summed E-state index contributed by atoms with van der Waals surface area (Å²) in [7, 11) is 1.88. The van der Waals surface area contributed by atoms with Crippen molar-refractivity contribution in [3.05, 3.63) is 29.3 Å². The monoisotopic (exact) mass is 336 g/mol. The van der Waals surface area contributed by atoms with E-state index in [0.717, 1.165) is 18.4 Å². The normalized spacial score (nSPS) is 15.6. The number of carbonyl (C=O) groups is 1. The van der Waals surface area contributed by atoms with Gasteiger partial charge in [0.05, 0.1) is 10.3 Å². The number of benzene rings is 1. The highest BCUT2D eigenvalue weighted by atomic mass is 35.5. The Morgan fingerprint density at radius 3 is 2.82 bits per heavy atom. The predicted molar refractivity (Wildman–Crippen MR) is 87.9 cm³/mol. The summed E-state index contributed by atoms with van der Waals surface area (Å²) in [4.78, 5) is 12.0. The SMILES string of the molecule is C[C@H](Sc1nnc(-c2ccccc2Cl)n1C)C(=O)NC1CC1. The van der Waals surface area contributed by atoms with Gasteiger partial charge in [0.15, 0.2) is 11.0 Å². The van der Waals surface area contributed by atoms with Crippen LogP contribution in [0.5, 0.6) is 0 Å². The van der Waals surface area contributed by atoms with Crippen molar-refractivity contribution in [2.24, 2.45) is 7.05 Å². The van der Waals surface area contributed by atoms with Crippen LogP contribution in [-0.2, 0) is 11.8 Å². The Bertz CT molecular complexity index is 699. The molecule has 0 aliphatic heterocycles. The van der Waals surface area contributed by atoms with Gasteiger partial charge in [0.2, 0.25) is 5.91 Å². The average Bonchev–Trinajstić information content (AvgIpc) is 3.24. The molecule has 116 valence electrons. The molecule has 2 aromatic rings. The number of rotatable bonds is 5. The first-order valence-electron chi connectivity index (χ1n) is 7.17. The first-order chi connectivity index (χ1) is 10.6. The molecule has 3 rings (SSSR count). The van der Waals surface area contributed by atoms with Crippen LogP contribution in [0.4, 0.5) is 0 Å². The Morgan fingerprint density at radius 2 is 2.14 bits per heavy atom. The first kappa shape index (κ1) is 15.4. The molecule has 0 unspecified atom stereocenters. The van der Waals surface area contributed by atoms with Gasteiger partial charge in [-0.3, -0.25) is 4.79 Å². The van der Waals surface area contributed by atoms with Crippen LogP contribution in [0.25, 0.3) is 11.4 Å². The van der Waals surface area contributed by atoms with Gasteiger partial charge in [0.25, 0.3) is 0 Å². The molecule has 1 aromatic carbocycles. The van der Waals surface area contributed by atoms with E-state index in [9.17, 15) is 4.79 Å². The summed E-state index contributed by atoms with van der Waals surface area (Å²) >= 11 is 7.61. The highest BCUT2D eigenvalue weighted by molar-refractivity contribution is 8.00. The summed E-state index contributed by atoms with van der Waals surface area (Å²) in [5.41, 5.74) is 0.834. The molecular formula is C15H17ClN4OS. The standard InChI is InChI=1S/C15H17ClN4OS/c1-9(14(21)17-10-7-8-10)22-15-19-18-13(20(15)2)11-5-3-4-6-12(11)16/h3-6,9-10H,7-8H2,1-2H3,(H,17,21)/t9-/m0/s1. The van der Waals surface area contributed by atoms with Crippen molar-refractivity contribution in [1.82, 2.24) is 20.1 Å². The Balaban J connectivity index is 1.75. The fraction of sp³-hybridized carbons (Fsp3) is 0.400. The molecule has 7 heteroatoms. The van der Waals surface area contributed by atoms with Crippen molar-refractivity contribution < 1.29 is 4.79 Å². The number of carbonyl (C=O) groups excluding carboxylic acids is 1. The molecular weight excluding hydrogens is 320 g/mol. The number of aromatic nitrogens is 3. The second kappa shape index (κ2) is 6.30. The molecule has 5 nitrogen and oxygen atoms in total. The second-order valence-corrected chi connectivity index (χ2v) is 7.10. The fourth-order valence-corrected chi connectivity index (χ4v) is 3.10. The molecule has 0 bridgehead atoms. The number of thioether (sulfide) groups is 1. The third-order valence-electron chi connectivity index (χ3n) is 3.52. The lowest BCUT2D eigenvalue weighted by molar-refractivity contribution is -0.120. The van der Waals surface area contributed by atoms with E-state index in [0.29, 0.717) is 22.0 Å². The number of amides is 1. The lowest BCUT2D eigenvalue weighted by Gasteiger charge is -2.11. The minimum atomic E-state index is -0.206. The van der Waals surface area contributed by atoms with Crippen LogP contribution in [-0.4, -0.2) is 32.0 Å². The van der Waals surface area contributed by atoms with Gasteiger partial charge in [-0.2, -0.15) is 0 Å². The van der Waals surface area contributed by atoms with Crippen molar-refractivity contribution in [3.8, 4) is 11.4 Å². The summed E-state index contributed by atoms with van der Waals surface area (Å²) in [6.07, 6.45) is 2.17. The maximum absolute atomic E-state index is 12.0. The molecule has 1 aliphatic rings. The topological polar surface area (TPSA) is 59.8 Å². The molecule has 1 atom stereocenters. The zero-order valence-corrected chi connectivity index (χ0v) is 14.0. The molecule has 0 saturated heterocycles. The van der Waals surface area contributed by atoms with Crippen molar-refractivity contribution >= 4 is 29.3 Å². The molecule has 1 saturated carbocycles. The molecule has 0 spiro atoms. The first-order valence-corrected chi connectivity index (χ1v) is 8.43. The number of hydrogen-bond donors (Lipinski definition) is 1. The zero-order valence-electron chi connectivity index (χ0n) is 12.4. The third-order valence-corrected chi connectivity index (χ3v) is 4.99. The van der Waals surface area contributed by atoms with Crippen LogP contribution in [0.15, 0.2) is 29.4 Å². The lowest BCUT2D eigenvalue weighted by atomic mass is 10.2. The second-order valence-electron chi connectivity index (χ2n) is 5.39. The maximum Gasteiger partial charge on any atom is 0.233 e. The van der Waals surface area contributed by atoms with Crippen molar-refractivity contribution in [2.75, 3.05) is 0 Å². The van der Waals surface area contributed by atoms with E-state index in [1.165, 1.54) is 11.8 Å². The highest BCUT2D eigenvalue weighted by Crippen LogP contribution is 2.30. The minimum Gasteiger partial charge on any atom is -0.352 e. The molecule has 22 heavy (non-hydrogen) atoms. The van der Waals surface area contributed by atoms with E-state index in [-0.39, 0.29) is 11.2 Å². The predicted octanol–water partition coefficient (Wildman–Crippen LogP) is 2.89. The van der Waals surface area contributed by atoms with Gasteiger partial charge in [-0.25, -0.2) is 0 Å². The molecule has 0 radical (unpaired) electrons. The Kier molecular flexibility index (Phi) is 4.40. The molecule has 1 fully saturated rings. The fourth-order valence-electron chi connectivity index (χ4n) is 2.05. The van der Waals surface area contributed by atoms with Gasteiger partial charge in [-0.15, -0.1) is 10.2 Å². The van der Waals surface area contributed by atoms with E-state index in [4.69, 9.17) is 11.6 Å². The van der Waals surface area contributed by atoms with E-state index in [1.807, 2.05) is 42.8 Å². The highest BCUT2D eigenvalue weighted by Gasteiger charge is 2.27. The van der Waals surface area contributed by atoms with E-state index < -0.39 is 0 Å². The number of hydrogen-bond acceptors (Lipinski definition) is 4. The molecule has 1 N–H and O–H groups in total. The van der Waals surface area contributed by atoms with Gasteiger partial charge < -0.3 is 9.88 Å². The maximum atomic E-state index is 12.0. The quantitative estimate of drug-likeness (QED) is 0.853. The van der Waals surface area contributed by atoms with Crippen LogP contribution in [0.1, 0.15) is 19.8 Å². The van der Waals surface area contributed by atoms with Gasteiger partial charge in [-0.05, 0) is 31.9 Å². The molecule has 1 amide bonds. The summed E-state index contributed by atoms with van der Waals surface area (Å²) < 4.78 is 1.87. The van der Waals surface area contributed by atoms with Gasteiger partial charge >= 0.3 is 0 Å². The van der Waals surface area contributed by atoms with Crippen molar-refractivity contribution in [1.29, 1.82) is 0 Å². The minimum absolute atomic E-state index is 0.0507. The molecule has 1 aromatic heterocycles. The lowest BCUT2D eigenvalue weighted by Crippen LogP contribution is -2.32. The summed E-state index contributed by atoms with van der Waals surface area (Å²) in [5, 5.41) is 12.5. The Hall–Kier alpha value is -1.53. The zero-order chi connectivity index (χ0) is 15.7. The van der Waals surface area contributed by atoms with Crippen molar-refractivity contribution in [3.63, 3.8) is 0 Å². The summed E-state index contributed by atoms with van der Waals surface area (Å²) in [6.45, 7) is 1.88.